The van der Waals surface area contributed by atoms with Crippen molar-refractivity contribution in [1.29, 1.82) is 0 Å². The highest BCUT2D eigenvalue weighted by molar-refractivity contribution is 6.00. The molecule has 0 N–H and O–H groups in total. The molecule has 0 heterocycles. The third kappa shape index (κ3) is 3.20. The molecule has 142 valence electrons. The third-order valence-electron chi connectivity index (χ3n) is 6.86. The summed E-state index contributed by atoms with van der Waals surface area (Å²) in [6.45, 7) is 7.16. The minimum Gasteiger partial charge on any atom is -0.468 e. The Bertz CT molecular complexity index is 658. The van der Waals surface area contributed by atoms with Crippen molar-refractivity contribution >= 4 is 11.8 Å². The Labute approximate surface area is 156 Å². The maximum atomic E-state index is 12.5. The van der Waals surface area contributed by atoms with Crippen molar-refractivity contribution in [3.8, 4) is 0 Å². The average Bonchev–Trinajstić information content (AvgIpc) is 2.61. The summed E-state index contributed by atoms with van der Waals surface area (Å²) >= 11 is 0. The van der Waals surface area contributed by atoms with Crippen molar-refractivity contribution in [2.24, 2.45) is 22.7 Å². The number of benzene rings is 1. The first-order valence-corrected chi connectivity index (χ1v) is 9.56. The van der Waals surface area contributed by atoms with E-state index in [1.54, 1.807) is 0 Å². The summed E-state index contributed by atoms with van der Waals surface area (Å²) in [7, 11) is 1.38. The number of ketones is 1. The highest BCUT2D eigenvalue weighted by Crippen LogP contribution is 2.59. The van der Waals surface area contributed by atoms with E-state index in [9.17, 15) is 9.59 Å². The number of Topliss-reactive ketones (excluding diaryl/α,β-unsaturated/α-hetero) is 1. The lowest BCUT2D eigenvalue weighted by molar-refractivity contribution is -0.183. The van der Waals surface area contributed by atoms with Gasteiger partial charge in [0.15, 0.2) is 0 Å². The van der Waals surface area contributed by atoms with Gasteiger partial charge in [-0.05, 0) is 41.6 Å². The van der Waals surface area contributed by atoms with Crippen LogP contribution in [0.1, 0.15) is 52.0 Å². The molecule has 2 fully saturated rings. The van der Waals surface area contributed by atoms with E-state index in [1.165, 1.54) is 12.7 Å². The highest BCUT2D eigenvalue weighted by atomic mass is 16.5. The fraction of sp³-hybridized carbons (Fsp3) is 0.636. The SMILES string of the molecule is COC(=O)[C@@H]1C(=O)CC[C@@H]2C(C)(C)[C@@H](OCc3ccccc3)CC[C@@]12C. The standard InChI is InChI=1S/C22H30O4/c1-21(2)17-11-10-16(23)19(20(24)25-4)22(17,3)13-12-18(21)26-14-15-8-6-5-7-9-15/h5-9,17-19H,10-14H2,1-4H3/t17-,18+,19+,22-/m1/s1. The van der Waals surface area contributed by atoms with E-state index in [2.05, 4.69) is 32.9 Å². The number of rotatable bonds is 4. The second-order valence-corrected chi connectivity index (χ2v) is 8.66. The van der Waals surface area contributed by atoms with Gasteiger partial charge in [-0.1, -0.05) is 51.1 Å². The van der Waals surface area contributed by atoms with Crippen LogP contribution >= 0.6 is 0 Å². The zero-order valence-corrected chi connectivity index (χ0v) is 16.3. The number of methoxy groups -OCH3 is 1. The molecule has 0 saturated heterocycles. The van der Waals surface area contributed by atoms with E-state index < -0.39 is 5.92 Å². The third-order valence-corrected chi connectivity index (χ3v) is 6.86. The van der Waals surface area contributed by atoms with Gasteiger partial charge in [-0.3, -0.25) is 9.59 Å². The smallest absolute Gasteiger partial charge is 0.316 e. The monoisotopic (exact) mass is 358 g/mol. The molecule has 4 heteroatoms. The van der Waals surface area contributed by atoms with Gasteiger partial charge in [-0.15, -0.1) is 0 Å². The van der Waals surface area contributed by atoms with Crippen molar-refractivity contribution < 1.29 is 19.1 Å². The summed E-state index contributed by atoms with van der Waals surface area (Å²) in [5.41, 5.74) is 0.718. The van der Waals surface area contributed by atoms with Crippen LogP contribution in [-0.2, 0) is 25.7 Å². The molecule has 0 radical (unpaired) electrons. The molecule has 0 aliphatic heterocycles. The van der Waals surface area contributed by atoms with Crippen molar-refractivity contribution in [3.05, 3.63) is 35.9 Å². The zero-order chi connectivity index (χ0) is 18.9. The molecular formula is C22H30O4. The van der Waals surface area contributed by atoms with Gasteiger partial charge in [0.2, 0.25) is 0 Å². The lowest BCUT2D eigenvalue weighted by Crippen LogP contribution is -2.58. The van der Waals surface area contributed by atoms with E-state index in [0.29, 0.717) is 13.0 Å². The number of hydrogen-bond donors (Lipinski definition) is 0. The van der Waals surface area contributed by atoms with Crippen LogP contribution in [0.4, 0.5) is 0 Å². The maximum Gasteiger partial charge on any atom is 0.316 e. The first-order chi connectivity index (χ1) is 12.3. The molecule has 3 rings (SSSR count). The second-order valence-electron chi connectivity index (χ2n) is 8.66. The number of carbonyl (C=O) groups is 2. The molecule has 4 nitrogen and oxygen atoms in total. The average molecular weight is 358 g/mol. The van der Waals surface area contributed by atoms with Gasteiger partial charge in [-0.25, -0.2) is 0 Å². The first kappa shape index (κ1) is 19.1. The molecule has 0 unspecified atom stereocenters. The molecule has 0 spiro atoms. The van der Waals surface area contributed by atoms with Crippen LogP contribution in [0.3, 0.4) is 0 Å². The Kier molecular flexibility index (Phi) is 5.25. The van der Waals surface area contributed by atoms with Crippen LogP contribution in [0.15, 0.2) is 30.3 Å². The van der Waals surface area contributed by atoms with Crippen LogP contribution in [0, 0.1) is 22.7 Å². The molecule has 26 heavy (non-hydrogen) atoms. The predicted octanol–water partition coefficient (Wildman–Crippen LogP) is 4.17. The fourth-order valence-electron chi connectivity index (χ4n) is 5.50. The van der Waals surface area contributed by atoms with Gasteiger partial charge < -0.3 is 9.47 Å². The molecule has 0 bridgehead atoms. The van der Waals surface area contributed by atoms with Crippen LogP contribution in [0.5, 0.6) is 0 Å². The Morgan fingerprint density at radius 2 is 1.85 bits per heavy atom. The molecule has 0 aromatic heterocycles. The van der Waals surface area contributed by atoms with E-state index >= 15 is 0 Å². The van der Waals surface area contributed by atoms with Crippen LogP contribution in [-0.4, -0.2) is 25.0 Å². The Morgan fingerprint density at radius 1 is 1.15 bits per heavy atom. The van der Waals surface area contributed by atoms with E-state index in [-0.39, 0.29) is 34.6 Å². The summed E-state index contributed by atoms with van der Waals surface area (Å²) in [6.07, 6.45) is 3.06. The number of fused-ring (bicyclic) bond motifs is 1. The Balaban J connectivity index is 1.80. The fourth-order valence-corrected chi connectivity index (χ4v) is 5.50. The minimum absolute atomic E-state index is 0.0371. The largest absolute Gasteiger partial charge is 0.468 e. The molecule has 2 aliphatic carbocycles. The van der Waals surface area contributed by atoms with Gasteiger partial charge in [-0.2, -0.15) is 0 Å². The highest BCUT2D eigenvalue weighted by Gasteiger charge is 2.60. The number of ether oxygens (including phenoxy) is 2. The molecule has 2 aliphatic rings. The number of carbonyl (C=O) groups excluding carboxylic acids is 2. The van der Waals surface area contributed by atoms with Crippen molar-refractivity contribution in [2.75, 3.05) is 7.11 Å². The van der Waals surface area contributed by atoms with Gasteiger partial charge in [0.1, 0.15) is 11.7 Å². The summed E-state index contributed by atoms with van der Waals surface area (Å²) in [6, 6.07) is 10.2. The first-order valence-electron chi connectivity index (χ1n) is 9.56. The zero-order valence-electron chi connectivity index (χ0n) is 16.3. The second kappa shape index (κ2) is 7.15. The number of hydrogen-bond acceptors (Lipinski definition) is 4. The molecule has 1 aromatic rings. The molecular weight excluding hydrogens is 328 g/mol. The minimum atomic E-state index is -0.638. The quantitative estimate of drug-likeness (QED) is 0.599. The Hall–Kier alpha value is -1.68. The summed E-state index contributed by atoms with van der Waals surface area (Å²) < 4.78 is 11.3. The normalized spacial score (nSPS) is 33.4. The van der Waals surface area contributed by atoms with Gasteiger partial charge >= 0.3 is 5.97 Å². The lowest BCUT2D eigenvalue weighted by Gasteiger charge is -2.58. The summed E-state index contributed by atoms with van der Waals surface area (Å²) in [5.74, 6) is -0.719. The molecule has 4 atom stereocenters. The van der Waals surface area contributed by atoms with Crippen LogP contribution < -0.4 is 0 Å². The van der Waals surface area contributed by atoms with Crippen molar-refractivity contribution in [1.82, 2.24) is 0 Å². The van der Waals surface area contributed by atoms with Gasteiger partial charge in [0.25, 0.3) is 0 Å². The van der Waals surface area contributed by atoms with E-state index in [1.807, 2.05) is 18.2 Å². The predicted molar refractivity (Wildman–Crippen MR) is 99.4 cm³/mol. The van der Waals surface area contributed by atoms with Gasteiger partial charge in [0.05, 0.1) is 19.8 Å². The number of esters is 1. The Morgan fingerprint density at radius 3 is 2.50 bits per heavy atom. The molecule has 1 aromatic carbocycles. The van der Waals surface area contributed by atoms with Crippen LogP contribution in [0.2, 0.25) is 0 Å². The summed E-state index contributed by atoms with van der Waals surface area (Å²) in [4.78, 5) is 24.9. The van der Waals surface area contributed by atoms with E-state index in [0.717, 1.165) is 19.3 Å². The van der Waals surface area contributed by atoms with Gasteiger partial charge in [0, 0.05) is 6.42 Å². The van der Waals surface area contributed by atoms with Crippen LogP contribution in [0.25, 0.3) is 0 Å². The van der Waals surface area contributed by atoms with E-state index in [4.69, 9.17) is 9.47 Å². The lowest BCUT2D eigenvalue weighted by atomic mass is 9.47. The summed E-state index contributed by atoms with van der Waals surface area (Å²) in [5, 5.41) is 0. The maximum absolute atomic E-state index is 12.5. The molecule has 0 amide bonds. The molecule has 2 saturated carbocycles. The van der Waals surface area contributed by atoms with Crippen molar-refractivity contribution in [3.63, 3.8) is 0 Å². The van der Waals surface area contributed by atoms with Crippen molar-refractivity contribution in [2.45, 2.75) is 59.2 Å². The topological polar surface area (TPSA) is 52.6 Å².